The van der Waals surface area contributed by atoms with Gasteiger partial charge in [0.05, 0.1) is 0 Å². The molecule has 2 N–H and O–H groups in total. The summed E-state index contributed by atoms with van der Waals surface area (Å²) in [5.74, 6) is -2.71. The van der Waals surface area contributed by atoms with E-state index < -0.39 is 17.8 Å². The quantitative estimate of drug-likeness (QED) is 0.831. The molecule has 1 atom stereocenters. The van der Waals surface area contributed by atoms with Gasteiger partial charge in [-0.3, -0.25) is 9.59 Å². The van der Waals surface area contributed by atoms with Crippen LogP contribution in [-0.4, -0.2) is 17.0 Å². The van der Waals surface area contributed by atoms with E-state index in [2.05, 4.69) is 11.4 Å². The van der Waals surface area contributed by atoms with E-state index in [1.54, 1.807) is 6.07 Å². The summed E-state index contributed by atoms with van der Waals surface area (Å²) < 4.78 is 0. The standard InChI is InChI=1S/C15H15NO3/c1-9-3-4-12-8-13(6-5-11(12)7-9)16-14(17)10(2)15(18)19/h3-8,10H,1-2H3,(H,16,17)(H,18,19). The third-order valence-corrected chi connectivity index (χ3v) is 3.03. The molecule has 0 radical (unpaired) electrons. The lowest BCUT2D eigenvalue weighted by atomic mass is 10.1. The molecule has 4 heteroatoms. The van der Waals surface area contributed by atoms with E-state index in [-0.39, 0.29) is 0 Å². The summed E-state index contributed by atoms with van der Waals surface area (Å²) in [6, 6.07) is 11.5. The van der Waals surface area contributed by atoms with Crippen molar-refractivity contribution in [3.8, 4) is 0 Å². The van der Waals surface area contributed by atoms with Crippen molar-refractivity contribution in [2.24, 2.45) is 5.92 Å². The Morgan fingerprint density at radius 3 is 2.42 bits per heavy atom. The Kier molecular flexibility index (Phi) is 3.51. The first kappa shape index (κ1) is 13.1. The molecule has 2 aromatic carbocycles. The zero-order valence-electron chi connectivity index (χ0n) is 10.8. The molecule has 0 saturated heterocycles. The minimum Gasteiger partial charge on any atom is -0.481 e. The van der Waals surface area contributed by atoms with Crippen LogP contribution in [0, 0.1) is 12.8 Å². The number of carbonyl (C=O) groups excluding carboxylic acids is 1. The Balaban J connectivity index is 2.25. The van der Waals surface area contributed by atoms with E-state index in [1.165, 1.54) is 12.5 Å². The molecule has 0 saturated carbocycles. The van der Waals surface area contributed by atoms with E-state index in [4.69, 9.17) is 5.11 Å². The monoisotopic (exact) mass is 257 g/mol. The fourth-order valence-electron chi connectivity index (χ4n) is 1.81. The van der Waals surface area contributed by atoms with Crippen molar-refractivity contribution in [2.45, 2.75) is 13.8 Å². The lowest BCUT2D eigenvalue weighted by molar-refractivity contribution is -0.144. The van der Waals surface area contributed by atoms with Crippen LogP contribution < -0.4 is 5.32 Å². The highest BCUT2D eigenvalue weighted by molar-refractivity contribution is 6.04. The summed E-state index contributed by atoms with van der Waals surface area (Å²) in [4.78, 5) is 22.4. The van der Waals surface area contributed by atoms with Gasteiger partial charge in [0.2, 0.25) is 5.91 Å². The average Bonchev–Trinajstić information content (AvgIpc) is 2.37. The Hall–Kier alpha value is -2.36. The summed E-state index contributed by atoms with van der Waals surface area (Å²) in [5.41, 5.74) is 1.78. The summed E-state index contributed by atoms with van der Waals surface area (Å²) in [6.45, 7) is 3.38. The second kappa shape index (κ2) is 5.10. The van der Waals surface area contributed by atoms with Crippen LogP contribution in [0.15, 0.2) is 36.4 Å². The molecule has 2 rings (SSSR count). The maximum absolute atomic E-state index is 11.7. The molecule has 2 aromatic rings. The van der Waals surface area contributed by atoms with Crippen LogP contribution in [0.3, 0.4) is 0 Å². The van der Waals surface area contributed by atoms with Crippen molar-refractivity contribution in [1.29, 1.82) is 0 Å². The van der Waals surface area contributed by atoms with Crippen LogP contribution in [0.2, 0.25) is 0 Å². The molecule has 0 aliphatic heterocycles. The van der Waals surface area contributed by atoms with Gasteiger partial charge in [-0.15, -0.1) is 0 Å². The second-order valence-corrected chi connectivity index (χ2v) is 4.61. The van der Waals surface area contributed by atoms with E-state index in [0.717, 1.165) is 10.8 Å². The van der Waals surface area contributed by atoms with Crippen LogP contribution in [0.4, 0.5) is 5.69 Å². The van der Waals surface area contributed by atoms with Crippen molar-refractivity contribution >= 4 is 28.3 Å². The fraction of sp³-hybridized carbons (Fsp3) is 0.200. The maximum atomic E-state index is 11.7. The third kappa shape index (κ3) is 2.91. The van der Waals surface area contributed by atoms with E-state index in [9.17, 15) is 9.59 Å². The molecule has 0 spiro atoms. The van der Waals surface area contributed by atoms with Crippen LogP contribution >= 0.6 is 0 Å². The van der Waals surface area contributed by atoms with Gasteiger partial charge in [0.15, 0.2) is 0 Å². The van der Waals surface area contributed by atoms with Gasteiger partial charge in [0.25, 0.3) is 0 Å². The van der Waals surface area contributed by atoms with Gasteiger partial charge in [-0.25, -0.2) is 0 Å². The molecule has 98 valence electrons. The molecular formula is C15H15NO3. The van der Waals surface area contributed by atoms with Gasteiger partial charge >= 0.3 is 5.97 Å². The van der Waals surface area contributed by atoms with Crippen LogP contribution in [0.1, 0.15) is 12.5 Å². The molecular weight excluding hydrogens is 242 g/mol. The smallest absolute Gasteiger partial charge is 0.315 e. The predicted molar refractivity (Wildman–Crippen MR) is 74.1 cm³/mol. The minimum atomic E-state index is -1.13. The minimum absolute atomic E-state index is 0.515. The summed E-state index contributed by atoms with van der Waals surface area (Å²) in [5, 5.41) is 13.5. The van der Waals surface area contributed by atoms with Gasteiger partial charge in [-0.1, -0.05) is 29.8 Å². The molecule has 19 heavy (non-hydrogen) atoms. The van der Waals surface area contributed by atoms with Crippen LogP contribution in [0.25, 0.3) is 10.8 Å². The number of hydrogen-bond acceptors (Lipinski definition) is 2. The Labute approximate surface area is 111 Å². The van der Waals surface area contributed by atoms with Gasteiger partial charge in [-0.05, 0) is 36.8 Å². The zero-order valence-corrected chi connectivity index (χ0v) is 10.8. The number of carboxylic acid groups (broad SMARTS) is 1. The van der Waals surface area contributed by atoms with E-state index in [0.29, 0.717) is 5.69 Å². The third-order valence-electron chi connectivity index (χ3n) is 3.03. The number of carbonyl (C=O) groups is 2. The van der Waals surface area contributed by atoms with Crippen molar-refractivity contribution in [3.63, 3.8) is 0 Å². The number of nitrogens with one attached hydrogen (secondary N) is 1. The molecule has 0 aromatic heterocycles. The molecule has 0 bridgehead atoms. The zero-order chi connectivity index (χ0) is 14.0. The number of rotatable bonds is 3. The van der Waals surface area contributed by atoms with Crippen LogP contribution in [0.5, 0.6) is 0 Å². The van der Waals surface area contributed by atoms with Gasteiger partial charge in [-0.2, -0.15) is 0 Å². The number of anilines is 1. The molecule has 0 aliphatic carbocycles. The van der Waals surface area contributed by atoms with Crippen molar-refractivity contribution in [2.75, 3.05) is 5.32 Å². The number of aryl methyl sites for hydroxylation is 1. The first-order valence-corrected chi connectivity index (χ1v) is 6.01. The fourth-order valence-corrected chi connectivity index (χ4v) is 1.81. The van der Waals surface area contributed by atoms with Crippen molar-refractivity contribution in [1.82, 2.24) is 0 Å². The Morgan fingerprint density at radius 1 is 1.11 bits per heavy atom. The first-order valence-electron chi connectivity index (χ1n) is 6.01. The number of fused-ring (bicyclic) bond motifs is 1. The number of benzene rings is 2. The summed E-state index contributed by atoms with van der Waals surface area (Å²) in [6.07, 6.45) is 0. The number of carboxylic acids is 1. The van der Waals surface area contributed by atoms with E-state index >= 15 is 0 Å². The van der Waals surface area contributed by atoms with E-state index in [1.807, 2.05) is 31.2 Å². The molecule has 1 unspecified atom stereocenters. The molecule has 4 nitrogen and oxygen atoms in total. The first-order chi connectivity index (χ1) is 8.97. The molecule has 0 fully saturated rings. The Morgan fingerprint density at radius 2 is 1.74 bits per heavy atom. The van der Waals surface area contributed by atoms with Gasteiger partial charge in [0.1, 0.15) is 5.92 Å². The second-order valence-electron chi connectivity index (χ2n) is 4.61. The lowest BCUT2D eigenvalue weighted by Gasteiger charge is -2.09. The molecule has 0 heterocycles. The SMILES string of the molecule is Cc1ccc2cc(NC(=O)C(C)C(=O)O)ccc2c1. The highest BCUT2D eigenvalue weighted by Crippen LogP contribution is 2.20. The number of hydrogen-bond donors (Lipinski definition) is 2. The number of aliphatic carboxylic acids is 1. The van der Waals surface area contributed by atoms with Gasteiger partial charge < -0.3 is 10.4 Å². The predicted octanol–water partition coefficient (Wildman–Crippen LogP) is 2.81. The lowest BCUT2D eigenvalue weighted by Crippen LogP contribution is -2.26. The van der Waals surface area contributed by atoms with Crippen LogP contribution in [-0.2, 0) is 9.59 Å². The normalized spacial score (nSPS) is 12.1. The van der Waals surface area contributed by atoms with Crippen molar-refractivity contribution in [3.05, 3.63) is 42.0 Å². The molecule has 0 aliphatic rings. The largest absolute Gasteiger partial charge is 0.481 e. The Bertz CT molecular complexity index is 649. The highest BCUT2D eigenvalue weighted by Gasteiger charge is 2.20. The maximum Gasteiger partial charge on any atom is 0.315 e. The average molecular weight is 257 g/mol. The molecule has 1 amide bonds. The van der Waals surface area contributed by atoms with Crippen molar-refractivity contribution < 1.29 is 14.7 Å². The highest BCUT2D eigenvalue weighted by atomic mass is 16.4. The summed E-state index contributed by atoms with van der Waals surface area (Å²) in [7, 11) is 0. The number of amides is 1. The van der Waals surface area contributed by atoms with Gasteiger partial charge in [0, 0.05) is 5.69 Å². The summed E-state index contributed by atoms with van der Waals surface area (Å²) >= 11 is 0. The topological polar surface area (TPSA) is 66.4 Å².